The third-order valence-corrected chi connectivity index (χ3v) is 1.78. The molecule has 1 rings (SSSR count). The first kappa shape index (κ1) is 17.1. The van der Waals surface area contributed by atoms with Crippen LogP contribution >= 0.6 is 0 Å². The van der Waals surface area contributed by atoms with Gasteiger partial charge in [-0.15, -0.1) is 0 Å². The predicted octanol–water partition coefficient (Wildman–Crippen LogP) is -1.23. The Hall–Kier alpha value is -1.88. The van der Waals surface area contributed by atoms with Crippen LogP contribution in [-0.2, 0) is 24.8 Å². The summed E-state index contributed by atoms with van der Waals surface area (Å²) >= 11 is 0. The van der Waals surface area contributed by atoms with Crippen molar-refractivity contribution in [3.63, 3.8) is 0 Å². The Balaban J connectivity index is 0.000000555. The van der Waals surface area contributed by atoms with E-state index in [4.69, 9.17) is 28.4 Å². The topological polar surface area (TPSA) is 172 Å². The van der Waals surface area contributed by atoms with Crippen LogP contribution < -0.4 is 5.73 Å². The summed E-state index contributed by atoms with van der Waals surface area (Å²) in [5, 5.41) is 8.50. The summed E-state index contributed by atoms with van der Waals surface area (Å²) in [7, 11) is -4.67. The van der Waals surface area contributed by atoms with Gasteiger partial charge in [-0.05, 0) is 24.1 Å². The highest BCUT2D eigenvalue weighted by Crippen LogP contribution is 2.10. The fourth-order valence-electron chi connectivity index (χ4n) is 1.02. The number of hydrogen-bond acceptors (Lipinski definition) is 6. The Bertz CT molecular complexity index is 537. The van der Waals surface area contributed by atoms with Crippen molar-refractivity contribution in [1.29, 1.82) is 0 Å². The smallest absolute Gasteiger partial charge is 0.394 e. The quantitative estimate of drug-likeness (QED) is 0.282. The summed E-state index contributed by atoms with van der Waals surface area (Å²) in [6.45, 7) is 0. The number of aliphatic carboxylic acids is 1. The SMILES string of the molecule is N[C@@H](CC1=CC(=O)C(=O)C=C1)C(=O)O.O=S(=O)(O)O. The molecule has 0 amide bonds. The maximum atomic E-state index is 10.9. The van der Waals surface area contributed by atoms with Crippen molar-refractivity contribution >= 4 is 27.9 Å². The van der Waals surface area contributed by atoms with Gasteiger partial charge in [-0.25, -0.2) is 0 Å². The maximum absolute atomic E-state index is 10.9. The second kappa shape index (κ2) is 6.89. The normalized spacial score (nSPS) is 16.3. The van der Waals surface area contributed by atoms with Crippen LogP contribution in [0, 0.1) is 0 Å². The molecule has 5 N–H and O–H groups in total. The van der Waals surface area contributed by atoms with Crippen molar-refractivity contribution in [3.8, 4) is 0 Å². The average molecular weight is 293 g/mol. The summed E-state index contributed by atoms with van der Waals surface area (Å²) in [6, 6.07) is -1.05. The van der Waals surface area contributed by atoms with E-state index in [1.54, 1.807) is 0 Å². The van der Waals surface area contributed by atoms with Gasteiger partial charge in [-0.3, -0.25) is 23.5 Å². The first-order chi connectivity index (χ1) is 8.50. The molecule has 0 heterocycles. The van der Waals surface area contributed by atoms with E-state index in [0.717, 1.165) is 12.2 Å². The Morgan fingerprint density at radius 2 is 1.68 bits per heavy atom. The first-order valence-electron chi connectivity index (χ1n) is 4.66. The molecule has 0 aromatic rings. The van der Waals surface area contributed by atoms with E-state index in [9.17, 15) is 14.4 Å². The van der Waals surface area contributed by atoms with E-state index >= 15 is 0 Å². The van der Waals surface area contributed by atoms with E-state index in [1.165, 1.54) is 6.08 Å². The standard InChI is InChI=1S/C9H9NO4.H2O4S/c10-6(9(13)14)3-5-1-2-7(11)8(12)4-5;1-5(2,3)4/h1-2,4,6H,3,10H2,(H,13,14);(H2,1,2,3,4)/t6-;/m0./s1. The van der Waals surface area contributed by atoms with Gasteiger partial charge in [0.1, 0.15) is 6.04 Å². The molecular weight excluding hydrogens is 282 g/mol. The molecule has 10 heteroatoms. The molecule has 1 aliphatic rings. The third kappa shape index (κ3) is 8.79. The molecule has 19 heavy (non-hydrogen) atoms. The molecule has 0 saturated carbocycles. The van der Waals surface area contributed by atoms with E-state index in [-0.39, 0.29) is 6.42 Å². The number of carbonyl (C=O) groups excluding carboxylic acids is 2. The molecule has 1 aliphatic carbocycles. The largest absolute Gasteiger partial charge is 0.480 e. The highest BCUT2D eigenvalue weighted by Gasteiger charge is 2.17. The first-order valence-corrected chi connectivity index (χ1v) is 6.05. The summed E-state index contributed by atoms with van der Waals surface area (Å²) in [5.74, 6) is -2.37. The highest BCUT2D eigenvalue weighted by molar-refractivity contribution is 7.79. The molecule has 0 unspecified atom stereocenters. The summed E-state index contributed by atoms with van der Waals surface area (Å²) in [5.41, 5.74) is 5.72. The lowest BCUT2D eigenvalue weighted by atomic mass is 9.99. The number of ketones is 2. The second-order valence-electron chi connectivity index (χ2n) is 3.38. The summed E-state index contributed by atoms with van der Waals surface area (Å²) < 4.78 is 31.6. The van der Waals surface area contributed by atoms with Gasteiger partial charge in [0.05, 0.1) is 0 Å². The molecular formula is C9H11NO8S. The Labute approximate surface area is 108 Å². The maximum Gasteiger partial charge on any atom is 0.394 e. The highest BCUT2D eigenvalue weighted by atomic mass is 32.3. The molecule has 0 saturated heterocycles. The van der Waals surface area contributed by atoms with Crippen molar-refractivity contribution in [2.45, 2.75) is 12.5 Å². The molecule has 0 aromatic heterocycles. The lowest BCUT2D eigenvalue weighted by Gasteiger charge is -2.08. The number of rotatable bonds is 3. The minimum absolute atomic E-state index is 0.0465. The minimum atomic E-state index is -4.67. The van der Waals surface area contributed by atoms with Crippen LogP contribution in [0.15, 0.2) is 23.8 Å². The summed E-state index contributed by atoms with van der Waals surface area (Å²) in [6.07, 6.45) is 3.69. The van der Waals surface area contributed by atoms with E-state index in [0.29, 0.717) is 5.57 Å². The summed E-state index contributed by atoms with van der Waals surface area (Å²) in [4.78, 5) is 32.0. The molecule has 0 aromatic carbocycles. The van der Waals surface area contributed by atoms with E-state index in [1.807, 2.05) is 0 Å². The number of allylic oxidation sites excluding steroid dienone is 3. The third-order valence-electron chi connectivity index (χ3n) is 1.78. The number of carbonyl (C=O) groups is 3. The zero-order valence-electron chi connectivity index (χ0n) is 9.38. The monoisotopic (exact) mass is 293 g/mol. The average Bonchev–Trinajstić information content (AvgIpc) is 2.21. The number of carboxylic acid groups (broad SMARTS) is 1. The van der Waals surface area contributed by atoms with Crippen LogP contribution in [0.3, 0.4) is 0 Å². The molecule has 0 fully saturated rings. The zero-order chi connectivity index (χ0) is 15.2. The fourth-order valence-corrected chi connectivity index (χ4v) is 1.02. The van der Waals surface area contributed by atoms with Gasteiger partial charge in [-0.1, -0.05) is 6.08 Å². The van der Waals surface area contributed by atoms with Crippen LogP contribution in [0.5, 0.6) is 0 Å². The van der Waals surface area contributed by atoms with Crippen molar-refractivity contribution < 1.29 is 37.0 Å². The molecule has 106 valence electrons. The fraction of sp³-hybridized carbons (Fsp3) is 0.222. The van der Waals surface area contributed by atoms with Gasteiger partial charge in [0.25, 0.3) is 0 Å². The van der Waals surface area contributed by atoms with Gasteiger partial charge in [0.15, 0.2) is 0 Å². The van der Waals surface area contributed by atoms with Crippen LogP contribution in [0.1, 0.15) is 6.42 Å². The Morgan fingerprint density at radius 3 is 2.05 bits per heavy atom. The van der Waals surface area contributed by atoms with Gasteiger partial charge in [0.2, 0.25) is 11.6 Å². The van der Waals surface area contributed by atoms with Crippen molar-refractivity contribution in [2.24, 2.45) is 5.73 Å². The lowest BCUT2D eigenvalue weighted by molar-refractivity contribution is -0.138. The molecule has 1 atom stereocenters. The second-order valence-corrected chi connectivity index (χ2v) is 4.27. The van der Waals surface area contributed by atoms with Gasteiger partial charge in [0, 0.05) is 0 Å². The molecule has 0 bridgehead atoms. The Morgan fingerprint density at radius 1 is 1.21 bits per heavy atom. The molecule has 0 spiro atoms. The predicted molar refractivity (Wildman–Crippen MR) is 61.6 cm³/mol. The van der Waals surface area contributed by atoms with Crippen LogP contribution in [0.2, 0.25) is 0 Å². The molecule has 0 aliphatic heterocycles. The number of nitrogens with two attached hydrogens (primary N) is 1. The molecule has 9 nitrogen and oxygen atoms in total. The lowest BCUT2D eigenvalue weighted by Crippen LogP contribution is -2.30. The Kier molecular flexibility index (Phi) is 6.21. The van der Waals surface area contributed by atoms with Crippen molar-refractivity contribution in [1.82, 2.24) is 0 Å². The minimum Gasteiger partial charge on any atom is -0.480 e. The molecule has 0 radical (unpaired) electrons. The van der Waals surface area contributed by atoms with Crippen LogP contribution in [-0.4, -0.2) is 46.2 Å². The van der Waals surface area contributed by atoms with Crippen molar-refractivity contribution in [2.75, 3.05) is 0 Å². The van der Waals surface area contributed by atoms with Crippen LogP contribution in [0.4, 0.5) is 0 Å². The van der Waals surface area contributed by atoms with Gasteiger partial charge < -0.3 is 10.8 Å². The van der Waals surface area contributed by atoms with Gasteiger partial charge >= 0.3 is 16.4 Å². The van der Waals surface area contributed by atoms with Crippen LogP contribution in [0.25, 0.3) is 0 Å². The number of hydrogen-bond donors (Lipinski definition) is 4. The zero-order valence-corrected chi connectivity index (χ0v) is 10.2. The number of carboxylic acids is 1. The van der Waals surface area contributed by atoms with Gasteiger partial charge in [-0.2, -0.15) is 8.42 Å². The van der Waals surface area contributed by atoms with Crippen molar-refractivity contribution in [3.05, 3.63) is 23.8 Å². The van der Waals surface area contributed by atoms with E-state index in [2.05, 4.69) is 0 Å². The van der Waals surface area contributed by atoms with E-state index < -0.39 is 34.0 Å².